The van der Waals surface area contributed by atoms with Crippen molar-refractivity contribution >= 4 is 21.6 Å². The Morgan fingerprint density at radius 3 is 2.61 bits per heavy atom. The number of sulfonamides is 1. The Morgan fingerprint density at radius 2 is 2.00 bits per heavy atom. The van der Waals surface area contributed by atoms with Gasteiger partial charge in [-0.25, -0.2) is 13.1 Å². The average molecular weight is 363 g/mol. The Balaban J connectivity index is 2.06. The van der Waals surface area contributed by atoms with Gasteiger partial charge in [0.15, 0.2) is 11.5 Å². The van der Waals surface area contributed by atoms with Crippen LogP contribution in [0.15, 0.2) is 17.0 Å². The predicted molar refractivity (Wildman–Crippen MR) is 90.0 cm³/mol. The first-order valence-electron chi connectivity index (χ1n) is 7.60. The molecule has 6 nitrogen and oxygen atoms in total. The van der Waals surface area contributed by atoms with Crippen LogP contribution >= 0.6 is 11.6 Å². The SMILES string of the molecule is COc1cc(Cl)c(S(=O)(=O)NCCC2CCCNC2)cc1OC. The molecule has 1 aliphatic rings. The van der Waals surface area contributed by atoms with E-state index in [9.17, 15) is 8.42 Å². The molecule has 2 N–H and O–H groups in total. The molecule has 0 spiro atoms. The fraction of sp³-hybridized carbons (Fsp3) is 0.600. The van der Waals surface area contributed by atoms with Gasteiger partial charge in [0.05, 0.1) is 19.2 Å². The van der Waals surface area contributed by atoms with Crippen molar-refractivity contribution < 1.29 is 17.9 Å². The first kappa shape index (κ1) is 18.3. The Bertz CT molecular complexity index is 631. The minimum Gasteiger partial charge on any atom is -0.493 e. The number of ether oxygens (including phenoxy) is 2. The van der Waals surface area contributed by atoms with Gasteiger partial charge in [-0.15, -0.1) is 0 Å². The van der Waals surface area contributed by atoms with E-state index < -0.39 is 10.0 Å². The average Bonchev–Trinajstić information content (AvgIpc) is 2.55. The smallest absolute Gasteiger partial charge is 0.242 e. The molecule has 1 aromatic carbocycles. The summed E-state index contributed by atoms with van der Waals surface area (Å²) in [5.41, 5.74) is 0. The third kappa shape index (κ3) is 4.73. The second-order valence-electron chi connectivity index (χ2n) is 5.54. The predicted octanol–water partition coefficient (Wildman–Crippen LogP) is 2.03. The number of piperidine rings is 1. The summed E-state index contributed by atoms with van der Waals surface area (Å²) in [6.07, 6.45) is 3.07. The molecule has 8 heteroatoms. The van der Waals surface area contributed by atoms with Crippen molar-refractivity contribution in [3.8, 4) is 11.5 Å². The largest absolute Gasteiger partial charge is 0.493 e. The molecule has 23 heavy (non-hydrogen) atoms. The Kier molecular flexibility index (Phi) is 6.52. The quantitative estimate of drug-likeness (QED) is 0.776. The van der Waals surface area contributed by atoms with E-state index in [1.54, 1.807) is 0 Å². The van der Waals surface area contributed by atoms with Crippen LogP contribution in [0.5, 0.6) is 11.5 Å². The summed E-state index contributed by atoms with van der Waals surface area (Å²) in [7, 11) is -0.766. The van der Waals surface area contributed by atoms with Crippen molar-refractivity contribution in [3.63, 3.8) is 0 Å². The van der Waals surface area contributed by atoms with E-state index in [2.05, 4.69) is 10.0 Å². The molecule has 0 radical (unpaired) electrons. The van der Waals surface area contributed by atoms with E-state index in [4.69, 9.17) is 21.1 Å². The maximum atomic E-state index is 12.5. The second kappa shape index (κ2) is 8.19. The highest BCUT2D eigenvalue weighted by atomic mass is 35.5. The van der Waals surface area contributed by atoms with Gasteiger partial charge in [-0.2, -0.15) is 0 Å². The van der Waals surface area contributed by atoms with E-state index in [-0.39, 0.29) is 9.92 Å². The zero-order valence-electron chi connectivity index (χ0n) is 13.4. The van der Waals surface area contributed by atoms with Crippen molar-refractivity contribution in [3.05, 3.63) is 17.2 Å². The van der Waals surface area contributed by atoms with E-state index in [0.29, 0.717) is 24.0 Å². The molecule has 0 saturated carbocycles. The molecule has 0 aliphatic carbocycles. The molecular weight excluding hydrogens is 340 g/mol. The standard InChI is InChI=1S/C15H23ClN2O4S/c1-21-13-8-12(16)15(9-14(13)22-2)23(19,20)18-7-5-11-4-3-6-17-10-11/h8-9,11,17-18H,3-7,10H2,1-2H3. The highest BCUT2D eigenvalue weighted by Gasteiger charge is 2.22. The lowest BCUT2D eigenvalue weighted by Gasteiger charge is -2.22. The topological polar surface area (TPSA) is 76.7 Å². The van der Waals surface area contributed by atoms with Crippen molar-refractivity contribution in [2.45, 2.75) is 24.2 Å². The zero-order valence-corrected chi connectivity index (χ0v) is 15.0. The van der Waals surface area contributed by atoms with Crippen molar-refractivity contribution in [2.75, 3.05) is 33.9 Å². The van der Waals surface area contributed by atoms with Crippen LogP contribution in [-0.4, -0.2) is 42.3 Å². The number of methoxy groups -OCH3 is 2. The number of halogens is 1. The van der Waals surface area contributed by atoms with Gasteiger partial charge in [0.2, 0.25) is 10.0 Å². The summed E-state index contributed by atoms with van der Waals surface area (Å²) in [5, 5.41) is 3.43. The van der Waals surface area contributed by atoms with Crippen LogP contribution in [0.4, 0.5) is 0 Å². The van der Waals surface area contributed by atoms with Crippen LogP contribution < -0.4 is 19.5 Å². The molecule has 1 saturated heterocycles. The lowest BCUT2D eigenvalue weighted by molar-refractivity contribution is 0.353. The van der Waals surface area contributed by atoms with Crippen LogP contribution in [-0.2, 0) is 10.0 Å². The van der Waals surface area contributed by atoms with Crippen molar-refractivity contribution in [2.24, 2.45) is 5.92 Å². The lowest BCUT2D eigenvalue weighted by atomic mass is 9.96. The van der Waals surface area contributed by atoms with E-state index in [0.717, 1.165) is 32.4 Å². The summed E-state index contributed by atoms with van der Waals surface area (Å²) in [6, 6.07) is 2.83. The van der Waals surface area contributed by atoms with Gasteiger partial charge >= 0.3 is 0 Å². The summed E-state index contributed by atoms with van der Waals surface area (Å²) < 4.78 is 37.8. The molecule has 1 unspecified atom stereocenters. The van der Waals surface area contributed by atoms with Crippen LogP contribution in [0.2, 0.25) is 5.02 Å². The Labute approximate surface area is 142 Å². The van der Waals surface area contributed by atoms with Crippen LogP contribution in [0, 0.1) is 5.92 Å². The number of rotatable bonds is 7. The van der Waals surface area contributed by atoms with E-state index in [1.165, 1.54) is 26.4 Å². The number of nitrogens with one attached hydrogen (secondary N) is 2. The van der Waals surface area contributed by atoms with Crippen LogP contribution in [0.1, 0.15) is 19.3 Å². The first-order chi connectivity index (χ1) is 11.0. The van der Waals surface area contributed by atoms with Gasteiger partial charge in [0.25, 0.3) is 0 Å². The molecular formula is C15H23ClN2O4S. The molecule has 0 bridgehead atoms. The Morgan fingerprint density at radius 1 is 1.30 bits per heavy atom. The maximum absolute atomic E-state index is 12.5. The summed E-state index contributed by atoms with van der Waals surface area (Å²) >= 11 is 6.08. The summed E-state index contributed by atoms with van der Waals surface area (Å²) in [6.45, 7) is 2.38. The van der Waals surface area contributed by atoms with Gasteiger partial charge in [-0.3, -0.25) is 0 Å². The van der Waals surface area contributed by atoms with Gasteiger partial charge in [0, 0.05) is 18.7 Å². The second-order valence-corrected chi connectivity index (χ2v) is 7.68. The first-order valence-corrected chi connectivity index (χ1v) is 9.46. The highest BCUT2D eigenvalue weighted by Crippen LogP contribution is 2.35. The normalized spacial score (nSPS) is 18.7. The fourth-order valence-electron chi connectivity index (χ4n) is 2.69. The molecule has 0 amide bonds. The maximum Gasteiger partial charge on any atom is 0.242 e. The van der Waals surface area contributed by atoms with Gasteiger partial charge in [-0.1, -0.05) is 11.6 Å². The molecule has 0 aromatic heterocycles. The lowest BCUT2D eigenvalue weighted by Crippen LogP contribution is -2.33. The van der Waals surface area contributed by atoms with Gasteiger partial charge in [-0.05, 0) is 38.3 Å². The van der Waals surface area contributed by atoms with E-state index in [1.807, 2.05) is 0 Å². The number of benzene rings is 1. The van der Waals surface area contributed by atoms with E-state index >= 15 is 0 Å². The summed E-state index contributed by atoms with van der Waals surface area (Å²) in [5.74, 6) is 1.23. The third-order valence-electron chi connectivity index (χ3n) is 3.97. The minimum atomic E-state index is -3.69. The highest BCUT2D eigenvalue weighted by molar-refractivity contribution is 7.89. The summed E-state index contributed by atoms with van der Waals surface area (Å²) in [4.78, 5) is -0.00131. The minimum absolute atomic E-state index is 0.00131. The molecule has 130 valence electrons. The molecule has 2 rings (SSSR count). The molecule has 1 aromatic rings. The van der Waals surface area contributed by atoms with Gasteiger partial charge < -0.3 is 14.8 Å². The van der Waals surface area contributed by atoms with Crippen molar-refractivity contribution in [1.29, 1.82) is 0 Å². The van der Waals surface area contributed by atoms with Crippen LogP contribution in [0.3, 0.4) is 0 Å². The number of hydrogen-bond acceptors (Lipinski definition) is 5. The third-order valence-corrected chi connectivity index (χ3v) is 5.90. The van der Waals surface area contributed by atoms with Gasteiger partial charge in [0.1, 0.15) is 4.90 Å². The molecule has 1 atom stereocenters. The molecule has 1 heterocycles. The number of hydrogen-bond donors (Lipinski definition) is 2. The molecule has 1 fully saturated rings. The zero-order chi connectivity index (χ0) is 16.9. The fourth-order valence-corrected chi connectivity index (χ4v) is 4.27. The van der Waals surface area contributed by atoms with Crippen molar-refractivity contribution in [1.82, 2.24) is 10.0 Å². The van der Waals surface area contributed by atoms with Crippen LogP contribution in [0.25, 0.3) is 0 Å². The molecule has 1 aliphatic heterocycles. The monoisotopic (exact) mass is 362 g/mol. The Hall–Kier alpha value is -1.02.